The lowest BCUT2D eigenvalue weighted by Crippen LogP contribution is -2.52. The molecule has 1 aromatic carbocycles. The van der Waals surface area contributed by atoms with Crippen LogP contribution in [0, 0.1) is 12.8 Å². The van der Waals surface area contributed by atoms with Gasteiger partial charge >= 0.3 is 10.3 Å². The van der Waals surface area contributed by atoms with E-state index in [1.54, 1.807) is 31.2 Å². The van der Waals surface area contributed by atoms with E-state index in [4.69, 9.17) is 8.92 Å². The number of rotatable bonds is 4. The highest BCUT2D eigenvalue weighted by Crippen LogP contribution is 2.27. The SMILES string of the molecule is CO[C@@H]1CC[C@H](C)C(=O)N1S(=O)(=O)Oc1ccc(C)cc1. The molecule has 0 aromatic heterocycles. The highest BCUT2D eigenvalue weighted by molar-refractivity contribution is 7.85. The summed E-state index contributed by atoms with van der Waals surface area (Å²) in [5, 5.41) is 0. The molecular formula is C14H19NO5S. The van der Waals surface area contributed by atoms with Crippen LogP contribution in [0.5, 0.6) is 5.75 Å². The molecule has 116 valence electrons. The molecule has 1 aliphatic rings. The summed E-state index contributed by atoms with van der Waals surface area (Å²) in [5.41, 5.74) is 0.984. The van der Waals surface area contributed by atoms with Gasteiger partial charge in [-0.3, -0.25) is 4.79 Å². The first-order valence-electron chi connectivity index (χ1n) is 6.72. The number of amides is 1. The van der Waals surface area contributed by atoms with E-state index >= 15 is 0 Å². The zero-order valence-corrected chi connectivity index (χ0v) is 13.1. The molecule has 1 heterocycles. The van der Waals surface area contributed by atoms with Gasteiger partial charge in [0.25, 0.3) is 0 Å². The maximum atomic E-state index is 12.4. The van der Waals surface area contributed by atoms with Crippen molar-refractivity contribution in [3.63, 3.8) is 0 Å². The Balaban J connectivity index is 2.27. The summed E-state index contributed by atoms with van der Waals surface area (Å²) < 4.78 is 35.6. The number of methoxy groups -OCH3 is 1. The molecule has 0 aliphatic carbocycles. The van der Waals surface area contributed by atoms with Crippen molar-refractivity contribution in [2.45, 2.75) is 32.9 Å². The molecule has 0 unspecified atom stereocenters. The molecular weight excluding hydrogens is 294 g/mol. The van der Waals surface area contributed by atoms with E-state index in [-0.39, 0.29) is 11.7 Å². The monoisotopic (exact) mass is 313 g/mol. The van der Waals surface area contributed by atoms with Crippen molar-refractivity contribution < 1.29 is 22.1 Å². The number of benzene rings is 1. The standard InChI is InChI=1S/C14H19NO5S/c1-10-4-7-12(8-5-10)20-21(17,18)15-13(19-3)9-6-11(2)14(15)16/h4-5,7-8,11,13H,6,9H2,1-3H3/t11-,13+/m0/s1. The largest absolute Gasteiger partial charge is 0.414 e. The third kappa shape index (κ3) is 3.36. The molecule has 7 heteroatoms. The molecule has 6 nitrogen and oxygen atoms in total. The van der Waals surface area contributed by atoms with Crippen LogP contribution in [0.2, 0.25) is 0 Å². The van der Waals surface area contributed by atoms with E-state index < -0.39 is 22.4 Å². The second-order valence-electron chi connectivity index (χ2n) is 5.16. The molecule has 1 aliphatic heterocycles. The van der Waals surface area contributed by atoms with Crippen LogP contribution in [-0.2, 0) is 19.8 Å². The summed E-state index contributed by atoms with van der Waals surface area (Å²) in [7, 11) is -2.86. The van der Waals surface area contributed by atoms with Crippen LogP contribution in [0.3, 0.4) is 0 Å². The van der Waals surface area contributed by atoms with Gasteiger partial charge in [-0.1, -0.05) is 24.6 Å². The van der Waals surface area contributed by atoms with Crippen LogP contribution in [0.25, 0.3) is 0 Å². The molecule has 0 saturated carbocycles. The Morgan fingerprint density at radius 3 is 2.38 bits per heavy atom. The van der Waals surface area contributed by atoms with Crippen LogP contribution in [0.15, 0.2) is 24.3 Å². The van der Waals surface area contributed by atoms with Crippen molar-refractivity contribution in [3.05, 3.63) is 29.8 Å². The molecule has 1 saturated heterocycles. The third-order valence-corrected chi connectivity index (χ3v) is 4.78. The first kappa shape index (κ1) is 15.8. The minimum absolute atomic E-state index is 0.168. The lowest BCUT2D eigenvalue weighted by Gasteiger charge is -2.35. The molecule has 0 bridgehead atoms. The molecule has 2 rings (SSSR count). The van der Waals surface area contributed by atoms with Gasteiger partial charge in [0.05, 0.1) is 0 Å². The number of aryl methyl sites for hydroxylation is 1. The van der Waals surface area contributed by atoms with Gasteiger partial charge < -0.3 is 8.92 Å². The molecule has 1 fully saturated rings. The Kier molecular flexibility index (Phi) is 4.53. The predicted octanol–water partition coefficient (Wildman–Crippen LogP) is 1.85. The minimum Gasteiger partial charge on any atom is -0.367 e. The summed E-state index contributed by atoms with van der Waals surface area (Å²) in [6.07, 6.45) is 0.234. The number of ether oxygens (including phenoxy) is 1. The summed E-state index contributed by atoms with van der Waals surface area (Å²) >= 11 is 0. The molecule has 2 atom stereocenters. The predicted molar refractivity (Wildman–Crippen MR) is 76.8 cm³/mol. The quantitative estimate of drug-likeness (QED) is 0.848. The van der Waals surface area contributed by atoms with Gasteiger partial charge in [-0.05, 0) is 31.9 Å². The summed E-state index contributed by atoms with van der Waals surface area (Å²) in [6.45, 7) is 3.58. The second-order valence-corrected chi connectivity index (χ2v) is 6.57. The zero-order valence-electron chi connectivity index (χ0n) is 12.3. The Morgan fingerprint density at radius 1 is 1.19 bits per heavy atom. The van der Waals surface area contributed by atoms with Crippen molar-refractivity contribution in [2.24, 2.45) is 5.92 Å². The van der Waals surface area contributed by atoms with Gasteiger partial charge in [0.1, 0.15) is 12.0 Å². The molecule has 1 aromatic rings. The number of carbonyl (C=O) groups excluding carboxylic acids is 1. The number of hydrogen-bond donors (Lipinski definition) is 0. The van der Waals surface area contributed by atoms with Crippen molar-refractivity contribution >= 4 is 16.2 Å². The van der Waals surface area contributed by atoms with Gasteiger partial charge in [0.2, 0.25) is 5.91 Å². The van der Waals surface area contributed by atoms with Crippen LogP contribution < -0.4 is 4.18 Å². The maximum Gasteiger partial charge on any atom is 0.414 e. The number of hydrogen-bond acceptors (Lipinski definition) is 5. The fourth-order valence-corrected chi connectivity index (χ4v) is 3.53. The van der Waals surface area contributed by atoms with Crippen molar-refractivity contribution in [1.82, 2.24) is 4.31 Å². The Labute approximate surface area is 124 Å². The van der Waals surface area contributed by atoms with E-state index in [1.165, 1.54) is 7.11 Å². The van der Waals surface area contributed by atoms with Crippen molar-refractivity contribution in [3.8, 4) is 5.75 Å². The van der Waals surface area contributed by atoms with Gasteiger partial charge in [-0.2, -0.15) is 12.7 Å². The summed E-state index contributed by atoms with van der Waals surface area (Å²) in [5.74, 6) is -0.700. The average Bonchev–Trinajstić information content (AvgIpc) is 2.43. The summed E-state index contributed by atoms with van der Waals surface area (Å²) in [6, 6.07) is 6.57. The van der Waals surface area contributed by atoms with Crippen molar-refractivity contribution in [2.75, 3.05) is 7.11 Å². The fraction of sp³-hybridized carbons (Fsp3) is 0.500. The van der Waals surface area contributed by atoms with Gasteiger partial charge in [-0.25, -0.2) is 0 Å². The highest BCUT2D eigenvalue weighted by atomic mass is 32.2. The van der Waals surface area contributed by atoms with E-state index in [9.17, 15) is 13.2 Å². The van der Waals surface area contributed by atoms with Gasteiger partial charge in [0, 0.05) is 13.0 Å². The normalized spacial score (nSPS) is 23.2. The first-order chi connectivity index (χ1) is 9.85. The van der Waals surface area contributed by atoms with Crippen LogP contribution in [-0.4, -0.2) is 32.0 Å². The lowest BCUT2D eigenvalue weighted by atomic mass is 10.00. The molecule has 0 N–H and O–H groups in total. The van der Waals surface area contributed by atoms with Crippen LogP contribution >= 0.6 is 0 Å². The van der Waals surface area contributed by atoms with Gasteiger partial charge in [-0.15, -0.1) is 0 Å². The Hall–Kier alpha value is -1.60. The fourth-order valence-electron chi connectivity index (χ4n) is 2.22. The van der Waals surface area contributed by atoms with Crippen molar-refractivity contribution in [1.29, 1.82) is 0 Å². The van der Waals surface area contributed by atoms with E-state index in [1.807, 2.05) is 6.92 Å². The first-order valence-corrected chi connectivity index (χ1v) is 8.09. The van der Waals surface area contributed by atoms with E-state index in [0.717, 1.165) is 5.56 Å². The highest BCUT2D eigenvalue weighted by Gasteiger charge is 2.42. The molecule has 1 amide bonds. The maximum absolute atomic E-state index is 12.4. The van der Waals surface area contributed by atoms with E-state index in [2.05, 4.69) is 0 Å². The number of piperidine rings is 1. The number of carbonyl (C=O) groups is 1. The Morgan fingerprint density at radius 2 is 1.81 bits per heavy atom. The van der Waals surface area contributed by atoms with Gasteiger partial charge in [0.15, 0.2) is 0 Å². The second kappa shape index (κ2) is 6.03. The smallest absolute Gasteiger partial charge is 0.367 e. The lowest BCUT2D eigenvalue weighted by molar-refractivity contribution is -0.144. The van der Waals surface area contributed by atoms with E-state index in [0.29, 0.717) is 17.1 Å². The molecule has 21 heavy (non-hydrogen) atoms. The third-order valence-electron chi connectivity index (χ3n) is 3.48. The molecule has 0 radical (unpaired) electrons. The van der Waals surface area contributed by atoms with Crippen LogP contribution in [0.4, 0.5) is 0 Å². The van der Waals surface area contributed by atoms with Crippen LogP contribution in [0.1, 0.15) is 25.3 Å². The topological polar surface area (TPSA) is 72.9 Å². The summed E-state index contributed by atoms with van der Waals surface area (Å²) in [4.78, 5) is 12.2. The minimum atomic E-state index is -4.23. The molecule has 0 spiro atoms. The number of nitrogens with zero attached hydrogens (tertiary/aromatic N) is 1. The Bertz CT molecular complexity index is 611. The average molecular weight is 313 g/mol. The zero-order chi connectivity index (χ0) is 15.6.